The van der Waals surface area contributed by atoms with Crippen LogP contribution in [-0.2, 0) is 0 Å². The molecule has 0 radical (unpaired) electrons. The van der Waals surface area contributed by atoms with Crippen LogP contribution in [0.3, 0.4) is 0 Å². The Morgan fingerprint density at radius 2 is 1.57 bits per heavy atom. The first-order valence-corrected chi connectivity index (χ1v) is 13.1. The first-order valence-electron chi connectivity index (χ1n) is 13.1. The van der Waals surface area contributed by atoms with Crippen molar-refractivity contribution in [3.05, 3.63) is 12.2 Å². The van der Waals surface area contributed by atoms with Crippen molar-refractivity contribution in [3.63, 3.8) is 0 Å². The van der Waals surface area contributed by atoms with Crippen molar-refractivity contribution >= 4 is 0 Å². The van der Waals surface area contributed by atoms with Gasteiger partial charge in [0.15, 0.2) is 0 Å². The monoisotopic (exact) mass is 416 g/mol. The molecule has 0 spiro atoms. The summed E-state index contributed by atoms with van der Waals surface area (Å²) in [7, 11) is 0. The highest BCUT2D eigenvalue weighted by atomic mass is 16.3. The van der Waals surface area contributed by atoms with Crippen LogP contribution in [0.15, 0.2) is 12.2 Å². The Kier molecular flexibility index (Phi) is 6.26. The number of aliphatic hydroxyl groups excluding tert-OH is 2. The summed E-state index contributed by atoms with van der Waals surface area (Å²) in [5.74, 6) is 5.63. The molecule has 0 aromatic carbocycles. The van der Waals surface area contributed by atoms with Crippen LogP contribution >= 0.6 is 0 Å². The summed E-state index contributed by atoms with van der Waals surface area (Å²) in [5.41, 5.74) is 0.494. The Balaban J connectivity index is 1.53. The van der Waals surface area contributed by atoms with Gasteiger partial charge < -0.3 is 10.2 Å². The highest BCUT2D eigenvalue weighted by molar-refractivity contribution is 5.12. The standard InChI is InChI=1S/C28H48O2/c1-17(2)18(3)7-8-19(4)23-11-12-24-22-10-9-20-15-21(29)16-26(30)28(20,6)25(22)13-14-27(23,24)5/h7-8,17-26,29-30H,9-16H2,1-6H3/b8-7+/t18?,19?,20?,21-,22+,23-,24+,25+,26+,27-,28+/m1/s1. The van der Waals surface area contributed by atoms with Gasteiger partial charge in [0.2, 0.25) is 0 Å². The quantitative estimate of drug-likeness (QED) is 0.516. The highest BCUT2D eigenvalue weighted by Crippen LogP contribution is 2.68. The largest absolute Gasteiger partial charge is 0.393 e. The molecule has 0 aromatic heterocycles. The second kappa shape index (κ2) is 8.22. The maximum atomic E-state index is 11.1. The predicted molar refractivity (Wildman–Crippen MR) is 125 cm³/mol. The first kappa shape index (κ1) is 22.8. The van der Waals surface area contributed by atoms with E-state index >= 15 is 0 Å². The minimum Gasteiger partial charge on any atom is -0.393 e. The highest BCUT2D eigenvalue weighted by Gasteiger charge is 2.62. The average molecular weight is 417 g/mol. The zero-order valence-electron chi connectivity index (χ0n) is 20.5. The van der Waals surface area contributed by atoms with Crippen LogP contribution in [0.2, 0.25) is 0 Å². The maximum absolute atomic E-state index is 11.1. The van der Waals surface area contributed by atoms with Gasteiger partial charge in [-0.15, -0.1) is 0 Å². The van der Waals surface area contributed by atoms with Crippen LogP contribution in [0.1, 0.15) is 92.9 Å². The van der Waals surface area contributed by atoms with E-state index in [2.05, 4.69) is 53.7 Å². The Morgan fingerprint density at radius 3 is 2.27 bits per heavy atom. The molecule has 0 amide bonds. The van der Waals surface area contributed by atoms with E-state index in [1.165, 1.54) is 38.5 Å². The Morgan fingerprint density at radius 1 is 0.833 bits per heavy atom. The molecule has 2 N–H and O–H groups in total. The molecule has 2 nitrogen and oxygen atoms in total. The molecule has 0 heterocycles. The Hall–Kier alpha value is -0.340. The number of hydrogen-bond donors (Lipinski definition) is 2. The van der Waals surface area contributed by atoms with E-state index in [1.54, 1.807) is 0 Å². The number of aliphatic hydroxyl groups is 2. The number of allylic oxidation sites excluding steroid dienone is 2. The second-order valence-electron chi connectivity index (χ2n) is 12.7. The average Bonchev–Trinajstić information content (AvgIpc) is 3.04. The summed E-state index contributed by atoms with van der Waals surface area (Å²) in [4.78, 5) is 0. The molecule has 3 unspecified atom stereocenters. The van der Waals surface area contributed by atoms with Gasteiger partial charge in [0.25, 0.3) is 0 Å². The first-order chi connectivity index (χ1) is 14.1. The van der Waals surface area contributed by atoms with Crippen molar-refractivity contribution < 1.29 is 10.2 Å². The van der Waals surface area contributed by atoms with Crippen LogP contribution in [0, 0.1) is 58.2 Å². The molecule has 172 valence electrons. The third kappa shape index (κ3) is 3.53. The fourth-order valence-corrected chi connectivity index (χ4v) is 8.91. The van der Waals surface area contributed by atoms with Gasteiger partial charge in [0.05, 0.1) is 12.2 Å². The van der Waals surface area contributed by atoms with E-state index in [4.69, 9.17) is 0 Å². The lowest BCUT2D eigenvalue weighted by molar-refractivity contribution is -0.181. The van der Waals surface area contributed by atoms with E-state index in [9.17, 15) is 10.2 Å². The van der Waals surface area contributed by atoms with Crippen molar-refractivity contribution in [2.75, 3.05) is 0 Å². The van der Waals surface area contributed by atoms with E-state index in [-0.39, 0.29) is 17.6 Å². The maximum Gasteiger partial charge on any atom is 0.0623 e. The zero-order valence-corrected chi connectivity index (χ0v) is 20.5. The summed E-state index contributed by atoms with van der Waals surface area (Å²) in [6, 6.07) is 0. The van der Waals surface area contributed by atoms with E-state index in [0.717, 1.165) is 24.2 Å². The zero-order chi connectivity index (χ0) is 21.8. The molecule has 0 aromatic rings. The molecule has 4 aliphatic carbocycles. The van der Waals surface area contributed by atoms with Gasteiger partial charge in [-0.25, -0.2) is 0 Å². The lowest BCUT2D eigenvalue weighted by atomic mass is 9.43. The van der Waals surface area contributed by atoms with Crippen molar-refractivity contribution in [1.82, 2.24) is 0 Å². The van der Waals surface area contributed by atoms with Crippen LogP contribution in [0.5, 0.6) is 0 Å². The van der Waals surface area contributed by atoms with Crippen molar-refractivity contribution in [3.8, 4) is 0 Å². The topological polar surface area (TPSA) is 40.5 Å². The number of fused-ring (bicyclic) bond motifs is 5. The van der Waals surface area contributed by atoms with Gasteiger partial charge in [-0.1, -0.05) is 53.7 Å². The fourth-order valence-electron chi connectivity index (χ4n) is 8.91. The molecule has 0 bridgehead atoms. The molecule has 4 saturated carbocycles. The summed E-state index contributed by atoms with van der Waals surface area (Å²) in [6.45, 7) is 14.5. The summed E-state index contributed by atoms with van der Waals surface area (Å²) in [5, 5.41) is 21.4. The fraction of sp³-hybridized carbons (Fsp3) is 0.929. The van der Waals surface area contributed by atoms with E-state index in [1.807, 2.05) is 0 Å². The SMILES string of the molecule is CC(C)C(C)/C=C/C(C)[C@H]1CC[C@H]2[C@@H]3CCC4C[C@@H](O)C[C@H](O)[C@]4(C)[C@H]3CC[C@]12C. The molecular weight excluding hydrogens is 368 g/mol. The van der Waals surface area contributed by atoms with Crippen LogP contribution in [0.4, 0.5) is 0 Å². The van der Waals surface area contributed by atoms with Gasteiger partial charge in [0.1, 0.15) is 0 Å². The van der Waals surface area contributed by atoms with Crippen LogP contribution in [0.25, 0.3) is 0 Å². The smallest absolute Gasteiger partial charge is 0.0623 e. The second-order valence-corrected chi connectivity index (χ2v) is 12.7. The van der Waals surface area contributed by atoms with Gasteiger partial charge in [0, 0.05) is 0 Å². The predicted octanol–water partition coefficient (Wildman–Crippen LogP) is 6.46. The third-order valence-corrected chi connectivity index (χ3v) is 11.2. The molecule has 2 heteroatoms. The minimum absolute atomic E-state index is 0.0276. The van der Waals surface area contributed by atoms with Gasteiger partial charge >= 0.3 is 0 Å². The molecule has 0 aliphatic heterocycles. The molecule has 4 rings (SSSR count). The van der Waals surface area contributed by atoms with Gasteiger partial charge in [-0.05, 0) is 110 Å². The van der Waals surface area contributed by atoms with Gasteiger partial charge in [-0.2, -0.15) is 0 Å². The van der Waals surface area contributed by atoms with Crippen molar-refractivity contribution in [2.24, 2.45) is 58.2 Å². The van der Waals surface area contributed by atoms with E-state index < -0.39 is 0 Å². The third-order valence-electron chi connectivity index (χ3n) is 11.2. The van der Waals surface area contributed by atoms with Crippen LogP contribution in [-0.4, -0.2) is 22.4 Å². The Bertz CT molecular complexity index is 641. The van der Waals surface area contributed by atoms with Crippen LogP contribution < -0.4 is 0 Å². The molecule has 0 saturated heterocycles. The molecule has 11 atom stereocenters. The lowest BCUT2D eigenvalue weighted by Gasteiger charge is -2.62. The minimum atomic E-state index is -0.319. The van der Waals surface area contributed by atoms with Crippen molar-refractivity contribution in [1.29, 1.82) is 0 Å². The number of hydrogen-bond acceptors (Lipinski definition) is 2. The summed E-state index contributed by atoms with van der Waals surface area (Å²) < 4.78 is 0. The normalized spacial score (nSPS) is 50.8. The summed E-state index contributed by atoms with van der Waals surface area (Å²) in [6.07, 6.45) is 13.8. The van der Waals surface area contributed by atoms with Crippen molar-refractivity contribution in [2.45, 2.75) is 105 Å². The molecular formula is C28H48O2. The lowest BCUT2D eigenvalue weighted by Crippen LogP contribution is -2.59. The molecule has 4 fully saturated rings. The molecule has 4 aliphatic rings. The Labute approximate surface area is 185 Å². The van der Waals surface area contributed by atoms with Gasteiger partial charge in [-0.3, -0.25) is 0 Å². The van der Waals surface area contributed by atoms with E-state index in [0.29, 0.717) is 41.4 Å². The number of rotatable bonds is 4. The summed E-state index contributed by atoms with van der Waals surface area (Å²) >= 11 is 0. The molecule has 30 heavy (non-hydrogen) atoms.